The molecule has 27 heavy (non-hydrogen) atoms. The maximum atomic E-state index is 14.0. The summed E-state index contributed by atoms with van der Waals surface area (Å²) >= 11 is 0. The molecule has 6 heteroatoms. The standard InChI is InChI=1S/C21H26FN3O2/c22-18-3-1-4-19(17(18)13-23)24-11-2-9-21(14-24)10-12-25(20(21)27)15-5-7-16(26)8-6-15/h1,3-4,15-16,26H,2,5-12,14H2/t15?,16?,21-/m0/s1. The molecule has 2 aliphatic heterocycles. The number of nitrogens with zero attached hydrogens (tertiary/aromatic N) is 3. The molecule has 1 spiro atoms. The third-order valence-electron chi connectivity index (χ3n) is 6.67. The number of amides is 1. The molecule has 5 nitrogen and oxygen atoms in total. The molecule has 3 aliphatic rings. The Balaban J connectivity index is 1.54. The van der Waals surface area contributed by atoms with Crippen LogP contribution in [0.1, 0.15) is 50.5 Å². The number of piperidine rings is 1. The zero-order valence-electron chi connectivity index (χ0n) is 15.5. The lowest BCUT2D eigenvalue weighted by Crippen LogP contribution is -2.50. The number of likely N-dealkylation sites (tertiary alicyclic amines) is 1. The smallest absolute Gasteiger partial charge is 0.230 e. The summed E-state index contributed by atoms with van der Waals surface area (Å²) in [6.45, 7) is 2.06. The van der Waals surface area contributed by atoms with Crippen LogP contribution in [0.4, 0.5) is 10.1 Å². The monoisotopic (exact) mass is 371 g/mol. The number of carbonyl (C=O) groups excluding carboxylic acids is 1. The van der Waals surface area contributed by atoms with Gasteiger partial charge in [-0.25, -0.2) is 4.39 Å². The molecular weight excluding hydrogens is 345 g/mol. The highest BCUT2D eigenvalue weighted by Gasteiger charge is 2.50. The average Bonchev–Trinajstić information content (AvgIpc) is 2.98. The van der Waals surface area contributed by atoms with E-state index in [9.17, 15) is 19.6 Å². The van der Waals surface area contributed by atoms with Crippen molar-refractivity contribution in [1.82, 2.24) is 4.90 Å². The largest absolute Gasteiger partial charge is 0.393 e. The van der Waals surface area contributed by atoms with Gasteiger partial charge in [0.05, 0.1) is 17.2 Å². The van der Waals surface area contributed by atoms with E-state index in [0.717, 1.165) is 58.0 Å². The first-order valence-corrected chi connectivity index (χ1v) is 9.97. The van der Waals surface area contributed by atoms with Crippen molar-refractivity contribution in [2.45, 2.75) is 57.1 Å². The van der Waals surface area contributed by atoms with E-state index in [1.807, 2.05) is 15.9 Å². The first kappa shape index (κ1) is 18.2. The van der Waals surface area contributed by atoms with Gasteiger partial charge >= 0.3 is 0 Å². The second kappa shape index (κ2) is 7.12. The number of carbonyl (C=O) groups is 1. The topological polar surface area (TPSA) is 67.6 Å². The SMILES string of the molecule is N#Cc1c(F)cccc1N1CCC[C@]2(CCN(C3CCC(O)CC3)C2=O)C1. The van der Waals surface area contributed by atoms with Gasteiger partial charge in [-0.1, -0.05) is 6.07 Å². The van der Waals surface area contributed by atoms with Gasteiger partial charge in [0.25, 0.3) is 0 Å². The number of nitriles is 1. The molecule has 2 saturated heterocycles. The maximum absolute atomic E-state index is 14.0. The molecule has 3 fully saturated rings. The van der Waals surface area contributed by atoms with E-state index in [1.165, 1.54) is 6.07 Å². The van der Waals surface area contributed by atoms with Crippen molar-refractivity contribution in [2.75, 3.05) is 24.5 Å². The number of hydrogen-bond donors (Lipinski definition) is 1. The Kier molecular flexibility index (Phi) is 4.81. The first-order chi connectivity index (χ1) is 13.0. The van der Waals surface area contributed by atoms with Crippen LogP contribution in [0.15, 0.2) is 18.2 Å². The third-order valence-corrected chi connectivity index (χ3v) is 6.67. The molecule has 1 N–H and O–H groups in total. The molecule has 0 radical (unpaired) electrons. The van der Waals surface area contributed by atoms with E-state index in [2.05, 4.69) is 0 Å². The molecule has 0 aromatic heterocycles. The summed E-state index contributed by atoms with van der Waals surface area (Å²) < 4.78 is 14.0. The average molecular weight is 371 g/mol. The van der Waals surface area contributed by atoms with Crippen LogP contribution in [0.25, 0.3) is 0 Å². The number of anilines is 1. The van der Waals surface area contributed by atoms with Gasteiger partial charge in [0.2, 0.25) is 5.91 Å². The van der Waals surface area contributed by atoms with Crippen LogP contribution in [0.3, 0.4) is 0 Å². The van der Waals surface area contributed by atoms with Gasteiger partial charge in [-0.05, 0) is 57.1 Å². The highest BCUT2D eigenvalue weighted by Crippen LogP contribution is 2.44. The van der Waals surface area contributed by atoms with Crippen LogP contribution in [-0.2, 0) is 4.79 Å². The van der Waals surface area contributed by atoms with Gasteiger partial charge in [-0.3, -0.25) is 4.79 Å². The van der Waals surface area contributed by atoms with Gasteiger partial charge in [0.15, 0.2) is 0 Å². The van der Waals surface area contributed by atoms with Gasteiger partial charge in [0, 0.05) is 25.7 Å². The second-order valence-corrected chi connectivity index (χ2v) is 8.26. The summed E-state index contributed by atoms with van der Waals surface area (Å²) in [6.07, 6.45) is 5.58. The van der Waals surface area contributed by atoms with Gasteiger partial charge in [0.1, 0.15) is 17.4 Å². The zero-order valence-corrected chi connectivity index (χ0v) is 15.5. The number of hydrogen-bond acceptors (Lipinski definition) is 4. The van der Waals surface area contributed by atoms with Crippen LogP contribution >= 0.6 is 0 Å². The van der Waals surface area contributed by atoms with Gasteiger partial charge in [-0.15, -0.1) is 0 Å². The summed E-state index contributed by atoms with van der Waals surface area (Å²) in [7, 11) is 0. The fourth-order valence-electron chi connectivity index (χ4n) is 5.17. The van der Waals surface area contributed by atoms with Crippen LogP contribution in [0.5, 0.6) is 0 Å². The van der Waals surface area contributed by atoms with Crippen molar-refractivity contribution in [1.29, 1.82) is 5.26 Å². The molecule has 144 valence electrons. The second-order valence-electron chi connectivity index (χ2n) is 8.26. The van der Waals surface area contributed by atoms with Crippen molar-refractivity contribution in [3.8, 4) is 6.07 Å². The zero-order chi connectivity index (χ0) is 19.0. The minimum Gasteiger partial charge on any atom is -0.393 e. The van der Waals surface area contributed by atoms with Crippen molar-refractivity contribution in [2.24, 2.45) is 5.41 Å². The summed E-state index contributed by atoms with van der Waals surface area (Å²) in [6, 6.07) is 6.93. The molecule has 1 amide bonds. The Morgan fingerprint density at radius 2 is 1.96 bits per heavy atom. The van der Waals surface area contributed by atoms with Crippen molar-refractivity contribution >= 4 is 11.6 Å². The quantitative estimate of drug-likeness (QED) is 0.868. The minimum absolute atomic E-state index is 0.0677. The molecule has 4 rings (SSSR count). The molecule has 0 unspecified atom stereocenters. The van der Waals surface area contributed by atoms with E-state index in [1.54, 1.807) is 12.1 Å². The van der Waals surface area contributed by atoms with Gasteiger partial charge < -0.3 is 14.9 Å². The fourth-order valence-corrected chi connectivity index (χ4v) is 5.17. The normalized spacial score (nSPS) is 31.4. The van der Waals surface area contributed by atoms with Crippen LogP contribution in [0, 0.1) is 22.6 Å². The van der Waals surface area contributed by atoms with E-state index >= 15 is 0 Å². The Bertz CT molecular complexity index is 769. The highest BCUT2D eigenvalue weighted by atomic mass is 19.1. The molecule has 1 aliphatic carbocycles. The minimum atomic E-state index is -0.505. The van der Waals surface area contributed by atoms with Crippen LogP contribution < -0.4 is 4.90 Å². The van der Waals surface area contributed by atoms with Gasteiger partial charge in [-0.2, -0.15) is 5.26 Å². The molecule has 1 aromatic rings. The number of rotatable bonds is 2. The third kappa shape index (κ3) is 3.19. The van der Waals surface area contributed by atoms with Crippen molar-refractivity contribution in [3.05, 3.63) is 29.6 Å². The van der Waals surface area contributed by atoms with Crippen LogP contribution in [-0.4, -0.2) is 47.7 Å². The molecule has 2 heterocycles. The number of aliphatic hydroxyl groups excluding tert-OH is 1. The molecular formula is C21H26FN3O2. The number of benzene rings is 1. The summed E-state index contributed by atoms with van der Waals surface area (Å²) in [5, 5.41) is 19.1. The van der Waals surface area contributed by atoms with E-state index in [0.29, 0.717) is 12.2 Å². The summed E-state index contributed by atoms with van der Waals surface area (Å²) in [5.74, 6) is -0.293. The maximum Gasteiger partial charge on any atom is 0.230 e. The Hall–Kier alpha value is -2.13. The lowest BCUT2D eigenvalue weighted by atomic mass is 9.78. The highest BCUT2D eigenvalue weighted by molar-refractivity contribution is 5.86. The van der Waals surface area contributed by atoms with Crippen molar-refractivity contribution in [3.63, 3.8) is 0 Å². The molecule has 1 aromatic carbocycles. The molecule has 1 saturated carbocycles. The van der Waals surface area contributed by atoms with E-state index < -0.39 is 11.2 Å². The Labute approximate surface area is 159 Å². The summed E-state index contributed by atoms with van der Waals surface area (Å²) in [5.41, 5.74) is 0.245. The van der Waals surface area contributed by atoms with E-state index in [-0.39, 0.29) is 23.6 Å². The lowest BCUT2D eigenvalue weighted by Gasteiger charge is -2.41. The predicted molar refractivity (Wildman–Crippen MR) is 99.6 cm³/mol. The predicted octanol–water partition coefficient (Wildman–Crippen LogP) is 2.82. The van der Waals surface area contributed by atoms with E-state index in [4.69, 9.17) is 0 Å². The molecule has 1 atom stereocenters. The van der Waals surface area contributed by atoms with Crippen LogP contribution in [0.2, 0.25) is 0 Å². The number of aliphatic hydroxyl groups is 1. The molecule has 0 bridgehead atoms. The Morgan fingerprint density at radius 1 is 1.19 bits per heavy atom. The number of halogens is 1. The first-order valence-electron chi connectivity index (χ1n) is 9.97. The Morgan fingerprint density at radius 3 is 2.70 bits per heavy atom. The lowest BCUT2D eigenvalue weighted by molar-refractivity contribution is -0.139. The summed E-state index contributed by atoms with van der Waals surface area (Å²) in [4.78, 5) is 17.4. The fraction of sp³-hybridized carbons (Fsp3) is 0.619. The van der Waals surface area contributed by atoms with Crippen molar-refractivity contribution < 1.29 is 14.3 Å².